The second-order valence-electron chi connectivity index (χ2n) is 9.59. The molecule has 1 atom stereocenters. The van der Waals surface area contributed by atoms with Crippen molar-refractivity contribution in [2.75, 3.05) is 17.6 Å². The zero-order valence-corrected chi connectivity index (χ0v) is 21.2. The van der Waals surface area contributed by atoms with Crippen LogP contribution in [0.4, 0.5) is 11.5 Å². The smallest absolute Gasteiger partial charge is 0.291 e. The Hall–Kier alpha value is -4.40. The summed E-state index contributed by atoms with van der Waals surface area (Å²) in [5, 5.41) is 2.90. The first-order valence-corrected chi connectivity index (χ1v) is 12.4. The van der Waals surface area contributed by atoms with E-state index in [0.29, 0.717) is 40.9 Å². The third kappa shape index (κ3) is 4.37. The fourth-order valence-electron chi connectivity index (χ4n) is 5.09. The monoisotopic (exact) mass is 498 g/mol. The number of nitrogens with zero attached hydrogens (tertiary/aromatic N) is 4. The van der Waals surface area contributed by atoms with E-state index in [4.69, 9.17) is 15.1 Å². The molecular formula is C28H30N6O3. The summed E-state index contributed by atoms with van der Waals surface area (Å²) in [4.78, 5) is 36.3. The van der Waals surface area contributed by atoms with Crippen LogP contribution in [0.5, 0.6) is 0 Å². The van der Waals surface area contributed by atoms with Crippen LogP contribution in [0.2, 0.25) is 0 Å². The number of amides is 2. The highest BCUT2D eigenvalue weighted by atomic mass is 16.4. The molecule has 0 radical (unpaired) electrons. The minimum Gasteiger partial charge on any atom is -0.449 e. The number of nitrogen functional groups attached to an aromatic ring is 1. The molecule has 0 spiro atoms. The van der Waals surface area contributed by atoms with Gasteiger partial charge in [0.2, 0.25) is 5.91 Å². The fraction of sp³-hybridized carbons (Fsp3) is 0.286. The molecule has 1 fully saturated rings. The summed E-state index contributed by atoms with van der Waals surface area (Å²) in [5.74, 6) is 1.37. The van der Waals surface area contributed by atoms with Crippen molar-refractivity contribution in [3.05, 3.63) is 78.1 Å². The minimum absolute atomic E-state index is 0.142. The Morgan fingerprint density at radius 1 is 1.27 bits per heavy atom. The number of benzene rings is 1. The van der Waals surface area contributed by atoms with Crippen LogP contribution in [-0.4, -0.2) is 37.6 Å². The van der Waals surface area contributed by atoms with Gasteiger partial charge in [0.25, 0.3) is 5.91 Å². The van der Waals surface area contributed by atoms with Crippen molar-refractivity contribution in [2.45, 2.75) is 45.6 Å². The molecule has 0 bridgehead atoms. The van der Waals surface area contributed by atoms with E-state index in [-0.39, 0.29) is 29.4 Å². The summed E-state index contributed by atoms with van der Waals surface area (Å²) in [6, 6.07) is 8.95. The number of rotatable bonds is 6. The van der Waals surface area contributed by atoms with Gasteiger partial charge in [-0.05, 0) is 67.2 Å². The van der Waals surface area contributed by atoms with Crippen LogP contribution in [0.15, 0.2) is 59.8 Å². The minimum atomic E-state index is -0.365. The van der Waals surface area contributed by atoms with Gasteiger partial charge in [0.15, 0.2) is 11.5 Å². The van der Waals surface area contributed by atoms with Crippen molar-refractivity contribution in [1.82, 2.24) is 19.3 Å². The van der Waals surface area contributed by atoms with Gasteiger partial charge in [0.1, 0.15) is 22.9 Å². The van der Waals surface area contributed by atoms with Crippen molar-refractivity contribution in [3.63, 3.8) is 0 Å². The van der Waals surface area contributed by atoms with Crippen molar-refractivity contribution in [2.24, 2.45) is 0 Å². The number of likely N-dealkylation sites (tertiary alicyclic amines) is 1. The largest absolute Gasteiger partial charge is 0.449 e. The molecule has 1 saturated heterocycles. The summed E-state index contributed by atoms with van der Waals surface area (Å²) < 4.78 is 7.81. The second-order valence-corrected chi connectivity index (χ2v) is 9.59. The first-order chi connectivity index (χ1) is 17.8. The van der Waals surface area contributed by atoms with Crippen molar-refractivity contribution in [1.29, 1.82) is 0 Å². The number of aromatic nitrogens is 3. The highest BCUT2D eigenvalue weighted by molar-refractivity contribution is 6.02. The molecule has 4 aromatic rings. The molecule has 9 nitrogen and oxygen atoms in total. The average Bonchev–Trinajstić information content (AvgIpc) is 3.61. The van der Waals surface area contributed by atoms with Crippen LogP contribution in [-0.2, 0) is 4.79 Å². The predicted octanol–water partition coefficient (Wildman–Crippen LogP) is 5.11. The number of fused-ring (bicyclic) bond motifs is 1. The highest BCUT2D eigenvalue weighted by Crippen LogP contribution is 2.37. The van der Waals surface area contributed by atoms with E-state index in [1.54, 1.807) is 29.4 Å². The Bertz CT molecular complexity index is 1520. The van der Waals surface area contributed by atoms with Crippen LogP contribution in [0.25, 0.3) is 17.0 Å². The molecule has 3 N–H and O–H groups in total. The van der Waals surface area contributed by atoms with Gasteiger partial charge >= 0.3 is 0 Å². The van der Waals surface area contributed by atoms with Gasteiger partial charge < -0.3 is 20.4 Å². The standard InChI is InChI=1S/C28H30N6O3/c1-5-23(35)33-13-6-7-20(33)27-32-24(25-26(29)30-12-14-34(25)27)21-10-11-22(37-21)28(36)31-18-8-9-19(16(2)3)17(4)15-18/h5,8-12,14-16,20H,1,6-7,13H2,2-4H3,(H2,29,30)(H,31,36)/t20-/m0/s1. The van der Waals surface area contributed by atoms with E-state index in [1.807, 2.05) is 29.5 Å². The van der Waals surface area contributed by atoms with Crippen LogP contribution >= 0.6 is 0 Å². The number of carbonyl (C=O) groups excluding carboxylic acids is 2. The second kappa shape index (κ2) is 9.57. The van der Waals surface area contributed by atoms with Crippen LogP contribution in [0.1, 0.15) is 66.2 Å². The summed E-state index contributed by atoms with van der Waals surface area (Å²) in [6.07, 6.45) is 6.31. The summed E-state index contributed by atoms with van der Waals surface area (Å²) in [6.45, 7) is 10.6. The van der Waals surface area contributed by atoms with Gasteiger partial charge in [-0.2, -0.15) is 0 Å². The molecule has 37 heavy (non-hydrogen) atoms. The van der Waals surface area contributed by atoms with Crippen molar-refractivity contribution < 1.29 is 14.0 Å². The van der Waals surface area contributed by atoms with E-state index in [2.05, 4.69) is 30.7 Å². The zero-order chi connectivity index (χ0) is 26.3. The number of aryl methyl sites for hydroxylation is 1. The molecule has 3 aromatic heterocycles. The van der Waals surface area contributed by atoms with E-state index in [1.165, 1.54) is 11.6 Å². The first-order valence-electron chi connectivity index (χ1n) is 12.4. The maximum atomic E-state index is 13.0. The zero-order valence-electron chi connectivity index (χ0n) is 21.2. The summed E-state index contributed by atoms with van der Waals surface area (Å²) >= 11 is 0. The highest BCUT2D eigenvalue weighted by Gasteiger charge is 2.33. The molecule has 4 heterocycles. The van der Waals surface area contributed by atoms with Gasteiger partial charge in [-0.15, -0.1) is 0 Å². The summed E-state index contributed by atoms with van der Waals surface area (Å²) in [7, 11) is 0. The lowest BCUT2D eigenvalue weighted by atomic mass is 9.98. The number of nitrogens with two attached hydrogens (primary N) is 1. The molecule has 9 heteroatoms. The number of hydrogen-bond acceptors (Lipinski definition) is 6. The lowest BCUT2D eigenvalue weighted by molar-refractivity contribution is -0.127. The predicted molar refractivity (Wildman–Crippen MR) is 142 cm³/mol. The molecule has 190 valence electrons. The quantitative estimate of drug-likeness (QED) is 0.357. The Labute approximate surface area is 215 Å². The van der Waals surface area contributed by atoms with Crippen molar-refractivity contribution in [3.8, 4) is 11.5 Å². The van der Waals surface area contributed by atoms with E-state index in [9.17, 15) is 9.59 Å². The summed E-state index contributed by atoms with van der Waals surface area (Å²) in [5.41, 5.74) is 10.3. The molecule has 0 unspecified atom stereocenters. The Kier molecular flexibility index (Phi) is 6.29. The SMILES string of the molecule is C=CC(=O)N1CCC[C@H]1c1nc(-c2ccc(C(=O)Nc3ccc(C(C)C)c(C)c3)o2)c2c(N)nccn12. The fourth-order valence-corrected chi connectivity index (χ4v) is 5.09. The average molecular weight is 499 g/mol. The molecule has 1 aliphatic heterocycles. The van der Waals surface area contributed by atoms with E-state index in [0.717, 1.165) is 18.4 Å². The molecule has 1 aliphatic rings. The third-order valence-electron chi connectivity index (χ3n) is 6.83. The molecule has 2 amide bonds. The number of carbonyl (C=O) groups is 2. The molecule has 5 rings (SSSR count). The van der Waals surface area contributed by atoms with E-state index >= 15 is 0 Å². The maximum Gasteiger partial charge on any atom is 0.291 e. The lowest BCUT2D eigenvalue weighted by Gasteiger charge is -2.22. The Morgan fingerprint density at radius 2 is 2.08 bits per heavy atom. The number of nitrogens with one attached hydrogen (secondary N) is 1. The molecule has 1 aromatic carbocycles. The molecule has 0 aliphatic carbocycles. The van der Waals surface area contributed by atoms with Gasteiger partial charge in [-0.25, -0.2) is 9.97 Å². The number of furan rings is 1. The Morgan fingerprint density at radius 3 is 2.81 bits per heavy atom. The lowest BCUT2D eigenvalue weighted by Crippen LogP contribution is -2.29. The van der Waals surface area contributed by atoms with Crippen molar-refractivity contribution >= 4 is 28.8 Å². The van der Waals surface area contributed by atoms with Crippen LogP contribution in [0, 0.1) is 6.92 Å². The first kappa shape index (κ1) is 24.3. The number of hydrogen-bond donors (Lipinski definition) is 2. The van der Waals surface area contributed by atoms with Gasteiger partial charge in [-0.3, -0.25) is 14.0 Å². The normalized spacial score (nSPS) is 15.5. The van der Waals surface area contributed by atoms with Gasteiger partial charge in [-0.1, -0.05) is 26.5 Å². The van der Waals surface area contributed by atoms with Gasteiger partial charge in [0.05, 0.1) is 6.04 Å². The third-order valence-corrected chi connectivity index (χ3v) is 6.83. The van der Waals surface area contributed by atoms with Crippen LogP contribution in [0.3, 0.4) is 0 Å². The topological polar surface area (TPSA) is 119 Å². The molecular weight excluding hydrogens is 468 g/mol. The number of anilines is 2. The van der Waals surface area contributed by atoms with E-state index < -0.39 is 0 Å². The van der Waals surface area contributed by atoms with Gasteiger partial charge in [0, 0.05) is 24.6 Å². The number of imidazole rings is 1. The van der Waals surface area contributed by atoms with Crippen LogP contribution < -0.4 is 11.1 Å². The maximum absolute atomic E-state index is 13.0. The Balaban J connectivity index is 1.48. The molecule has 0 saturated carbocycles.